The maximum atomic E-state index is 3.93. The molecule has 0 amide bonds. The molecule has 0 aromatic carbocycles. The first-order valence-electron chi connectivity index (χ1n) is 2.76. The number of nitrogens with zero attached hydrogens (tertiary/aromatic N) is 4. The molecule has 2 heterocycles. The third kappa shape index (κ3) is 0.699. The van der Waals surface area contributed by atoms with E-state index in [2.05, 4.69) is 26.4 Å². The van der Waals surface area contributed by atoms with E-state index in [1.54, 1.807) is 12.3 Å². The van der Waals surface area contributed by atoms with Crippen molar-refractivity contribution < 1.29 is 0 Å². The number of aromatic nitrogens is 4. The summed E-state index contributed by atoms with van der Waals surface area (Å²) in [5.74, 6) is 0. The van der Waals surface area contributed by atoms with Gasteiger partial charge in [0.15, 0.2) is 0 Å². The van der Waals surface area contributed by atoms with Crippen molar-refractivity contribution in [1.29, 1.82) is 0 Å². The highest BCUT2D eigenvalue weighted by Gasteiger charge is 1.90. The number of rotatable bonds is 0. The van der Waals surface area contributed by atoms with Crippen molar-refractivity contribution in [3.05, 3.63) is 24.8 Å². The molecule has 0 aliphatic heterocycles. The topological polar surface area (TPSA) is 51.6 Å². The summed E-state index contributed by atoms with van der Waals surface area (Å²) in [6.45, 7) is 0. The van der Waals surface area contributed by atoms with Gasteiger partial charge < -0.3 is 0 Å². The van der Waals surface area contributed by atoms with Gasteiger partial charge in [0.25, 0.3) is 0 Å². The summed E-state index contributed by atoms with van der Waals surface area (Å²) in [5, 5.41) is 7.40. The van der Waals surface area contributed by atoms with Crippen LogP contribution in [0.25, 0.3) is 11.0 Å². The molecule has 0 aliphatic rings. The van der Waals surface area contributed by atoms with Crippen LogP contribution in [-0.4, -0.2) is 20.2 Å². The molecular formula is C6H3N4. The minimum atomic E-state index is 0.720. The lowest BCUT2D eigenvalue weighted by Gasteiger charge is -1.88. The maximum Gasteiger partial charge on any atom is 0.138 e. The molecule has 0 bridgehead atoms. The Morgan fingerprint density at radius 1 is 1.30 bits per heavy atom. The van der Waals surface area contributed by atoms with Gasteiger partial charge in [-0.1, -0.05) is 0 Å². The number of pyridine rings is 1. The van der Waals surface area contributed by atoms with Gasteiger partial charge in [-0.2, -0.15) is 0 Å². The third-order valence-electron chi connectivity index (χ3n) is 1.14. The van der Waals surface area contributed by atoms with E-state index in [1.165, 1.54) is 6.33 Å². The van der Waals surface area contributed by atoms with Crippen LogP contribution >= 0.6 is 0 Å². The monoisotopic (exact) mass is 131 g/mol. The molecule has 4 heteroatoms. The Bertz CT molecular complexity index is 281. The van der Waals surface area contributed by atoms with Gasteiger partial charge in [-0.05, 0) is 6.07 Å². The van der Waals surface area contributed by atoms with Crippen LogP contribution in [0.15, 0.2) is 18.6 Å². The molecule has 2 rings (SSSR count). The van der Waals surface area contributed by atoms with E-state index in [0.29, 0.717) is 0 Å². The van der Waals surface area contributed by atoms with Gasteiger partial charge in [-0.3, -0.25) is 4.98 Å². The van der Waals surface area contributed by atoms with Crippen molar-refractivity contribution >= 4 is 11.0 Å². The highest BCUT2D eigenvalue weighted by molar-refractivity contribution is 5.70. The standard InChI is InChI=1S/C6H3N4/c1-2-7-3-6-5(1)10-9-4-8-6/h1,3-4H. The van der Waals surface area contributed by atoms with Crippen LogP contribution in [0, 0.1) is 6.20 Å². The summed E-state index contributed by atoms with van der Waals surface area (Å²) < 4.78 is 0. The summed E-state index contributed by atoms with van der Waals surface area (Å²) >= 11 is 0. The van der Waals surface area contributed by atoms with Crippen molar-refractivity contribution in [2.24, 2.45) is 0 Å². The van der Waals surface area contributed by atoms with Gasteiger partial charge >= 0.3 is 0 Å². The summed E-state index contributed by atoms with van der Waals surface area (Å²) in [7, 11) is 0. The van der Waals surface area contributed by atoms with Crippen LogP contribution in [0.5, 0.6) is 0 Å². The van der Waals surface area contributed by atoms with Gasteiger partial charge in [-0.15, -0.1) is 10.2 Å². The summed E-state index contributed by atoms with van der Waals surface area (Å²) in [5.41, 5.74) is 1.46. The van der Waals surface area contributed by atoms with Gasteiger partial charge in [0.2, 0.25) is 0 Å². The summed E-state index contributed by atoms with van der Waals surface area (Å²) in [4.78, 5) is 7.68. The zero-order valence-electron chi connectivity index (χ0n) is 5.02. The van der Waals surface area contributed by atoms with Gasteiger partial charge in [0, 0.05) is 0 Å². The first-order chi connectivity index (χ1) is 4.97. The second kappa shape index (κ2) is 1.98. The zero-order chi connectivity index (χ0) is 6.81. The van der Waals surface area contributed by atoms with Crippen molar-refractivity contribution in [2.75, 3.05) is 0 Å². The SMILES string of the molecule is [c]1cc2nncnc2cn1. The Balaban J connectivity index is 2.89. The average Bonchev–Trinajstić information content (AvgIpc) is 2.05. The largest absolute Gasteiger partial charge is 0.252 e. The number of fused-ring (bicyclic) bond motifs is 1. The molecule has 0 saturated carbocycles. The molecule has 0 saturated heterocycles. The molecule has 0 fully saturated rings. The molecule has 0 spiro atoms. The smallest absolute Gasteiger partial charge is 0.138 e. The molecular weight excluding hydrogens is 128 g/mol. The zero-order valence-corrected chi connectivity index (χ0v) is 5.02. The minimum Gasteiger partial charge on any atom is -0.252 e. The predicted octanol–water partition coefficient (Wildman–Crippen LogP) is 0.220. The van der Waals surface area contributed by atoms with Crippen molar-refractivity contribution in [1.82, 2.24) is 20.2 Å². The second-order valence-corrected chi connectivity index (χ2v) is 1.76. The lowest BCUT2D eigenvalue weighted by molar-refractivity contribution is 1.02. The second-order valence-electron chi connectivity index (χ2n) is 1.76. The highest BCUT2D eigenvalue weighted by Crippen LogP contribution is 2.00. The van der Waals surface area contributed by atoms with E-state index in [1.807, 2.05) is 0 Å². The van der Waals surface area contributed by atoms with Gasteiger partial charge in [0.1, 0.15) is 17.4 Å². The molecule has 4 nitrogen and oxygen atoms in total. The molecule has 2 aromatic heterocycles. The molecule has 0 unspecified atom stereocenters. The first-order valence-corrected chi connectivity index (χ1v) is 2.76. The van der Waals surface area contributed by atoms with Crippen LogP contribution in [0.2, 0.25) is 0 Å². The minimum absolute atomic E-state index is 0.720. The van der Waals surface area contributed by atoms with E-state index >= 15 is 0 Å². The van der Waals surface area contributed by atoms with E-state index in [9.17, 15) is 0 Å². The highest BCUT2D eigenvalue weighted by atomic mass is 15.1. The molecule has 10 heavy (non-hydrogen) atoms. The van der Waals surface area contributed by atoms with Crippen molar-refractivity contribution in [3.8, 4) is 0 Å². The summed E-state index contributed by atoms with van der Waals surface area (Å²) in [6, 6.07) is 1.65. The van der Waals surface area contributed by atoms with Crippen LogP contribution in [0.4, 0.5) is 0 Å². The van der Waals surface area contributed by atoms with E-state index in [0.717, 1.165) is 11.0 Å². The fourth-order valence-electron chi connectivity index (χ4n) is 0.693. The Labute approximate surface area is 57.0 Å². The Morgan fingerprint density at radius 3 is 3.20 bits per heavy atom. The number of hydrogen-bond acceptors (Lipinski definition) is 4. The van der Waals surface area contributed by atoms with Crippen LogP contribution in [0.3, 0.4) is 0 Å². The third-order valence-corrected chi connectivity index (χ3v) is 1.14. The first kappa shape index (κ1) is 5.22. The molecule has 0 N–H and O–H groups in total. The molecule has 2 aromatic rings. The normalized spacial score (nSPS) is 10.0. The van der Waals surface area contributed by atoms with Crippen molar-refractivity contribution in [3.63, 3.8) is 0 Å². The lowest BCUT2D eigenvalue weighted by atomic mass is 10.4. The van der Waals surface area contributed by atoms with Crippen molar-refractivity contribution in [2.45, 2.75) is 0 Å². The molecule has 1 radical (unpaired) electrons. The van der Waals surface area contributed by atoms with Crippen LogP contribution < -0.4 is 0 Å². The molecule has 0 atom stereocenters. The fourth-order valence-corrected chi connectivity index (χ4v) is 0.693. The summed E-state index contributed by atoms with van der Waals surface area (Å²) in [6.07, 6.45) is 5.64. The van der Waals surface area contributed by atoms with Crippen LogP contribution in [-0.2, 0) is 0 Å². The average molecular weight is 131 g/mol. The Hall–Kier alpha value is -1.58. The number of hydrogen-bond donors (Lipinski definition) is 0. The predicted molar refractivity (Wildman–Crippen MR) is 34.0 cm³/mol. The maximum absolute atomic E-state index is 3.93. The quantitative estimate of drug-likeness (QED) is 0.513. The van der Waals surface area contributed by atoms with Gasteiger partial charge in [-0.25, -0.2) is 4.98 Å². The van der Waals surface area contributed by atoms with E-state index in [-0.39, 0.29) is 0 Å². The molecule has 47 valence electrons. The van der Waals surface area contributed by atoms with E-state index < -0.39 is 0 Å². The van der Waals surface area contributed by atoms with Crippen LogP contribution in [0.1, 0.15) is 0 Å². The Morgan fingerprint density at radius 2 is 2.30 bits per heavy atom. The molecule has 0 aliphatic carbocycles. The fraction of sp³-hybridized carbons (Fsp3) is 0. The lowest BCUT2D eigenvalue weighted by Crippen LogP contribution is -1.86. The Kier molecular flexibility index (Phi) is 1.04. The van der Waals surface area contributed by atoms with E-state index in [4.69, 9.17) is 0 Å². The van der Waals surface area contributed by atoms with Gasteiger partial charge in [0.05, 0.1) is 12.4 Å².